The predicted molar refractivity (Wildman–Crippen MR) is 96.6 cm³/mol. The van der Waals surface area contributed by atoms with Crippen LogP contribution in [0.25, 0.3) is 0 Å². The topological polar surface area (TPSA) is 61.4 Å². The van der Waals surface area contributed by atoms with E-state index in [9.17, 15) is 9.59 Å². The van der Waals surface area contributed by atoms with Crippen LogP contribution >= 0.6 is 0 Å². The van der Waals surface area contributed by atoms with E-state index in [4.69, 9.17) is 0 Å². The number of rotatable bonds is 3. The van der Waals surface area contributed by atoms with Gasteiger partial charge in [-0.3, -0.25) is 14.5 Å². The molecule has 0 saturated carbocycles. The number of anilines is 3. The van der Waals surface area contributed by atoms with E-state index < -0.39 is 0 Å². The summed E-state index contributed by atoms with van der Waals surface area (Å²) >= 11 is 0. The van der Waals surface area contributed by atoms with Crippen LogP contribution in [0.4, 0.5) is 17.1 Å². The fourth-order valence-electron chi connectivity index (χ4n) is 2.81. The summed E-state index contributed by atoms with van der Waals surface area (Å²) in [5.74, 6) is -0.315. The van der Waals surface area contributed by atoms with Gasteiger partial charge < -0.3 is 10.6 Å². The van der Waals surface area contributed by atoms with Gasteiger partial charge in [-0.25, -0.2) is 0 Å². The summed E-state index contributed by atoms with van der Waals surface area (Å²) in [5, 5.41) is 5.97. The number of amides is 2. The van der Waals surface area contributed by atoms with Gasteiger partial charge in [0, 0.05) is 5.69 Å². The first-order valence-corrected chi connectivity index (χ1v) is 7.96. The maximum absolute atomic E-state index is 12.4. The van der Waals surface area contributed by atoms with Crippen LogP contribution in [0, 0.1) is 20.8 Å². The average molecular weight is 323 g/mol. The molecule has 24 heavy (non-hydrogen) atoms. The Hall–Kier alpha value is -2.82. The molecule has 2 aromatic carbocycles. The van der Waals surface area contributed by atoms with E-state index in [-0.39, 0.29) is 24.9 Å². The SMILES string of the molecule is Cc1cccc(NC(=O)CN2C(=O)CNc3cc(C)c(C)cc32)c1. The second-order valence-electron chi connectivity index (χ2n) is 6.20. The third-order valence-corrected chi connectivity index (χ3v) is 4.24. The molecule has 0 radical (unpaired) electrons. The Kier molecular flexibility index (Phi) is 4.25. The van der Waals surface area contributed by atoms with Crippen molar-refractivity contribution in [1.82, 2.24) is 0 Å². The molecular weight excluding hydrogens is 302 g/mol. The number of fused-ring (bicyclic) bond motifs is 1. The van der Waals surface area contributed by atoms with Gasteiger partial charge in [-0.2, -0.15) is 0 Å². The quantitative estimate of drug-likeness (QED) is 0.913. The number of hydrogen-bond acceptors (Lipinski definition) is 3. The first-order chi connectivity index (χ1) is 11.4. The molecule has 5 nitrogen and oxygen atoms in total. The number of nitrogens with zero attached hydrogens (tertiary/aromatic N) is 1. The highest BCUT2D eigenvalue weighted by molar-refractivity contribution is 6.08. The van der Waals surface area contributed by atoms with Gasteiger partial charge >= 0.3 is 0 Å². The predicted octanol–water partition coefficient (Wildman–Crippen LogP) is 3.01. The fraction of sp³-hybridized carbons (Fsp3) is 0.263. The van der Waals surface area contributed by atoms with Gasteiger partial charge in [-0.15, -0.1) is 0 Å². The molecule has 124 valence electrons. The largest absolute Gasteiger partial charge is 0.374 e. The molecule has 0 unspecified atom stereocenters. The zero-order valence-corrected chi connectivity index (χ0v) is 14.1. The molecule has 0 aromatic heterocycles. The fourth-order valence-corrected chi connectivity index (χ4v) is 2.81. The molecule has 0 saturated heterocycles. The van der Waals surface area contributed by atoms with Crippen LogP contribution < -0.4 is 15.5 Å². The highest BCUT2D eigenvalue weighted by Crippen LogP contribution is 2.32. The van der Waals surface area contributed by atoms with Crippen LogP contribution in [-0.4, -0.2) is 24.9 Å². The second-order valence-corrected chi connectivity index (χ2v) is 6.20. The Morgan fingerprint density at radius 2 is 1.92 bits per heavy atom. The lowest BCUT2D eigenvalue weighted by molar-refractivity contribution is -0.120. The van der Waals surface area contributed by atoms with Gasteiger partial charge in [-0.05, 0) is 61.7 Å². The van der Waals surface area contributed by atoms with Crippen molar-refractivity contribution in [3.8, 4) is 0 Å². The summed E-state index contributed by atoms with van der Waals surface area (Å²) in [6, 6.07) is 11.6. The van der Waals surface area contributed by atoms with E-state index >= 15 is 0 Å². The van der Waals surface area contributed by atoms with E-state index in [0.29, 0.717) is 0 Å². The minimum atomic E-state index is -0.208. The molecule has 0 spiro atoms. The number of carbonyl (C=O) groups is 2. The van der Waals surface area contributed by atoms with E-state index in [0.717, 1.165) is 33.8 Å². The molecular formula is C19H21N3O2. The molecule has 5 heteroatoms. The van der Waals surface area contributed by atoms with Crippen LogP contribution in [0.3, 0.4) is 0 Å². The summed E-state index contributed by atoms with van der Waals surface area (Å²) in [4.78, 5) is 26.2. The van der Waals surface area contributed by atoms with Gasteiger partial charge in [0.2, 0.25) is 11.8 Å². The average Bonchev–Trinajstić information content (AvgIpc) is 2.52. The zero-order chi connectivity index (χ0) is 17.3. The molecule has 1 aliphatic rings. The van der Waals surface area contributed by atoms with E-state index in [2.05, 4.69) is 10.6 Å². The smallest absolute Gasteiger partial charge is 0.246 e. The van der Waals surface area contributed by atoms with Crippen LogP contribution in [0.1, 0.15) is 16.7 Å². The maximum Gasteiger partial charge on any atom is 0.246 e. The first-order valence-electron chi connectivity index (χ1n) is 7.96. The zero-order valence-electron chi connectivity index (χ0n) is 14.1. The van der Waals surface area contributed by atoms with Crippen molar-refractivity contribution in [1.29, 1.82) is 0 Å². The maximum atomic E-state index is 12.4. The Labute approximate surface area is 141 Å². The van der Waals surface area contributed by atoms with Crippen molar-refractivity contribution in [3.05, 3.63) is 53.1 Å². The van der Waals surface area contributed by atoms with Gasteiger partial charge in [0.1, 0.15) is 6.54 Å². The lowest BCUT2D eigenvalue weighted by atomic mass is 10.1. The van der Waals surface area contributed by atoms with Crippen molar-refractivity contribution < 1.29 is 9.59 Å². The van der Waals surface area contributed by atoms with E-state index in [1.54, 1.807) is 4.90 Å². The summed E-state index contributed by atoms with van der Waals surface area (Å²) in [6.07, 6.45) is 0. The van der Waals surface area contributed by atoms with Crippen LogP contribution in [0.2, 0.25) is 0 Å². The minimum Gasteiger partial charge on any atom is -0.374 e. The Morgan fingerprint density at radius 3 is 2.67 bits per heavy atom. The van der Waals surface area contributed by atoms with E-state index in [1.165, 1.54) is 0 Å². The highest BCUT2D eigenvalue weighted by Gasteiger charge is 2.26. The van der Waals surface area contributed by atoms with Gasteiger partial charge in [0.25, 0.3) is 0 Å². The summed E-state index contributed by atoms with van der Waals surface area (Å²) in [7, 11) is 0. The number of carbonyl (C=O) groups excluding carboxylic acids is 2. The minimum absolute atomic E-state index is 0.00392. The molecule has 2 aromatic rings. The highest BCUT2D eigenvalue weighted by atomic mass is 16.2. The normalized spacial score (nSPS) is 13.3. The molecule has 1 heterocycles. The Bertz CT molecular complexity index is 814. The first kappa shape index (κ1) is 16.1. The number of benzene rings is 2. The van der Waals surface area contributed by atoms with Crippen molar-refractivity contribution in [2.45, 2.75) is 20.8 Å². The number of hydrogen-bond donors (Lipinski definition) is 2. The third kappa shape index (κ3) is 3.25. The molecule has 3 rings (SSSR count). The second kappa shape index (κ2) is 6.35. The van der Waals surface area contributed by atoms with Gasteiger partial charge in [-0.1, -0.05) is 12.1 Å². The summed E-state index contributed by atoms with van der Waals surface area (Å²) in [5.41, 5.74) is 5.70. The monoisotopic (exact) mass is 323 g/mol. The van der Waals surface area contributed by atoms with Crippen molar-refractivity contribution >= 4 is 28.9 Å². The molecule has 2 amide bonds. The molecule has 0 bridgehead atoms. The van der Waals surface area contributed by atoms with Crippen molar-refractivity contribution in [3.63, 3.8) is 0 Å². The number of nitrogens with one attached hydrogen (secondary N) is 2. The van der Waals surface area contributed by atoms with Crippen molar-refractivity contribution in [2.75, 3.05) is 28.6 Å². The van der Waals surface area contributed by atoms with Crippen molar-refractivity contribution in [2.24, 2.45) is 0 Å². The summed E-state index contributed by atoms with van der Waals surface area (Å²) < 4.78 is 0. The van der Waals surface area contributed by atoms with Gasteiger partial charge in [0.15, 0.2) is 0 Å². The molecule has 1 aliphatic heterocycles. The Balaban J connectivity index is 1.81. The van der Waals surface area contributed by atoms with Crippen LogP contribution in [-0.2, 0) is 9.59 Å². The number of aryl methyl sites for hydroxylation is 3. The van der Waals surface area contributed by atoms with Crippen LogP contribution in [0.5, 0.6) is 0 Å². The molecule has 0 atom stereocenters. The lowest BCUT2D eigenvalue weighted by Crippen LogP contribution is -2.44. The molecule has 2 N–H and O–H groups in total. The third-order valence-electron chi connectivity index (χ3n) is 4.24. The molecule has 0 aliphatic carbocycles. The van der Waals surface area contributed by atoms with Gasteiger partial charge in [0.05, 0.1) is 17.9 Å². The lowest BCUT2D eigenvalue weighted by Gasteiger charge is -2.30. The molecule has 0 fully saturated rings. The Morgan fingerprint density at radius 1 is 1.17 bits per heavy atom. The van der Waals surface area contributed by atoms with E-state index in [1.807, 2.05) is 57.2 Å². The van der Waals surface area contributed by atoms with Crippen LogP contribution in [0.15, 0.2) is 36.4 Å². The standard InChI is InChI=1S/C19H21N3O2/c1-12-5-4-6-15(7-12)21-18(23)11-22-17-9-14(3)13(2)8-16(17)20-10-19(22)24/h4-9,20H,10-11H2,1-3H3,(H,21,23). The summed E-state index contributed by atoms with van der Waals surface area (Å²) in [6.45, 7) is 6.20.